The van der Waals surface area contributed by atoms with Crippen molar-refractivity contribution in [3.63, 3.8) is 0 Å². The van der Waals surface area contributed by atoms with Crippen molar-refractivity contribution in [2.75, 3.05) is 28.6 Å². The number of allylic oxidation sites excluding steroid dienone is 4. The number of anilines is 3. The van der Waals surface area contributed by atoms with Crippen LogP contribution in [0.25, 0.3) is 0 Å². The first-order chi connectivity index (χ1) is 10.2. The molecule has 0 aliphatic carbocycles. The molecule has 0 amide bonds. The normalized spacial score (nSPS) is 16.8. The molecule has 0 unspecified atom stereocenters. The van der Waals surface area contributed by atoms with E-state index in [0.29, 0.717) is 35.1 Å². The first-order valence-corrected chi connectivity index (χ1v) is 6.78. The number of hydrogen-bond donors (Lipinski definition) is 1. The predicted molar refractivity (Wildman–Crippen MR) is 83.6 cm³/mol. The Bertz CT molecular complexity index is 675. The summed E-state index contributed by atoms with van der Waals surface area (Å²) in [6.45, 7) is 3.02. The molecule has 0 saturated heterocycles. The second kappa shape index (κ2) is 5.32. The zero-order chi connectivity index (χ0) is 14.8. The molecule has 0 saturated carbocycles. The van der Waals surface area contributed by atoms with Crippen molar-refractivity contribution in [2.45, 2.75) is 6.92 Å². The second-order valence-corrected chi connectivity index (χ2v) is 4.85. The van der Waals surface area contributed by atoms with Gasteiger partial charge in [-0.15, -0.1) is 0 Å². The van der Waals surface area contributed by atoms with Crippen molar-refractivity contribution >= 4 is 17.3 Å². The van der Waals surface area contributed by atoms with Gasteiger partial charge in [0.2, 0.25) is 17.5 Å². The molecule has 3 rings (SSSR count). The Morgan fingerprint density at radius 2 is 1.71 bits per heavy atom. The van der Waals surface area contributed by atoms with E-state index in [1.165, 1.54) is 0 Å². The third-order valence-corrected chi connectivity index (χ3v) is 3.42. The number of nitrogens with two attached hydrogens (primary N) is 1. The zero-order valence-electron chi connectivity index (χ0n) is 11.8. The van der Waals surface area contributed by atoms with Crippen LogP contribution in [0.2, 0.25) is 0 Å². The number of nitrogens with zero attached hydrogens (tertiary/aromatic N) is 4. The molecule has 108 valence electrons. The van der Waals surface area contributed by atoms with Crippen molar-refractivity contribution in [1.29, 1.82) is 0 Å². The maximum Gasteiger partial charge on any atom is 0.249 e. The van der Waals surface area contributed by atoms with Gasteiger partial charge in [-0.05, 0) is 12.2 Å². The fourth-order valence-corrected chi connectivity index (χ4v) is 2.37. The van der Waals surface area contributed by atoms with E-state index in [4.69, 9.17) is 5.73 Å². The molecular weight excluding hydrogens is 266 g/mol. The summed E-state index contributed by atoms with van der Waals surface area (Å²) in [5.74, 6) is 1.20. The molecule has 6 nitrogen and oxygen atoms in total. The minimum atomic E-state index is 0.167. The van der Waals surface area contributed by atoms with Crippen LogP contribution in [0.3, 0.4) is 0 Å². The van der Waals surface area contributed by atoms with E-state index in [9.17, 15) is 5.21 Å². The van der Waals surface area contributed by atoms with Gasteiger partial charge in [0.25, 0.3) is 0 Å². The quantitative estimate of drug-likeness (QED) is 0.656. The van der Waals surface area contributed by atoms with Crippen LogP contribution in [0, 0.1) is 12.1 Å². The van der Waals surface area contributed by atoms with Crippen molar-refractivity contribution in [3.05, 3.63) is 59.9 Å². The van der Waals surface area contributed by atoms with Gasteiger partial charge >= 0.3 is 0 Å². The smallest absolute Gasteiger partial charge is 0.249 e. The number of aryl methyl sites for hydroxylation is 1. The Morgan fingerprint density at radius 3 is 2.29 bits per heavy atom. The zero-order valence-corrected chi connectivity index (χ0v) is 11.8. The standard InChI is InChI=1S/C15H17N5O/c1-12-17-15(19-10-6-3-7-11-19)13(14(16)20(12)21)18-8-4-2-5-9-18/h2-8,10H,9,11,16H2,1H3. The summed E-state index contributed by atoms with van der Waals surface area (Å²) in [6.07, 6.45) is 15.7. The molecule has 0 atom stereocenters. The number of aromatic nitrogens is 2. The average molecular weight is 283 g/mol. The van der Waals surface area contributed by atoms with Gasteiger partial charge in [0.05, 0.1) is 0 Å². The van der Waals surface area contributed by atoms with Gasteiger partial charge in [0, 0.05) is 32.4 Å². The number of hydrogen-bond acceptors (Lipinski definition) is 5. The largest absolute Gasteiger partial charge is 0.740 e. The third kappa shape index (κ3) is 2.35. The molecule has 2 aliphatic rings. The van der Waals surface area contributed by atoms with Gasteiger partial charge < -0.3 is 20.7 Å². The van der Waals surface area contributed by atoms with Crippen molar-refractivity contribution < 1.29 is 4.73 Å². The van der Waals surface area contributed by atoms with Crippen LogP contribution in [-0.4, -0.2) is 18.1 Å². The van der Waals surface area contributed by atoms with E-state index in [-0.39, 0.29) is 5.82 Å². The lowest BCUT2D eigenvalue weighted by molar-refractivity contribution is -0.599. The summed E-state index contributed by atoms with van der Waals surface area (Å²) < 4.78 is 0.675. The van der Waals surface area contributed by atoms with E-state index in [2.05, 4.69) is 4.98 Å². The summed E-state index contributed by atoms with van der Waals surface area (Å²) in [5, 5.41) is 12.1. The summed E-state index contributed by atoms with van der Waals surface area (Å²) in [7, 11) is 0. The van der Waals surface area contributed by atoms with Crippen LogP contribution in [0.1, 0.15) is 5.82 Å². The lowest BCUT2D eigenvalue weighted by atomic mass is 10.2. The minimum Gasteiger partial charge on any atom is -0.740 e. The van der Waals surface area contributed by atoms with Crippen LogP contribution < -0.4 is 20.3 Å². The summed E-state index contributed by atoms with van der Waals surface area (Å²) in [5.41, 5.74) is 6.70. The fourth-order valence-electron chi connectivity index (χ4n) is 2.37. The molecular formula is C15H17N5O. The van der Waals surface area contributed by atoms with E-state index >= 15 is 0 Å². The summed E-state index contributed by atoms with van der Waals surface area (Å²) in [4.78, 5) is 8.35. The first-order valence-electron chi connectivity index (χ1n) is 6.78. The highest BCUT2D eigenvalue weighted by atomic mass is 16.5. The van der Waals surface area contributed by atoms with Gasteiger partial charge in [-0.25, -0.2) is 4.73 Å². The van der Waals surface area contributed by atoms with Crippen LogP contribution in [0.5, 0.6) is 0 Å². The van der Waals surface area contributed by atoms with Crippen LogP contribution in [0.4, 0.5) is 17.3 Å². The Morgan fingerprint density at radius 1 is 1.10 bits per heavy atom. The summed E-state index contributed by atoms with van der Waals surface area (Å²) >= 11 is 0. The van der Waals surface area contributed by atoms with Crippen LogP contribution in [-0.2, 0) is 0 Å². The van der Waals surface area contributed by atoms with Gasteiger partial charge in [-0.3, -0.25) is 0 Å². The lowest BCUT2D eigenvalue weighted by Gasteiger charge is -2.28. The van der Waals surface area contributed by atoms with E-state index in [0.717, 1.165) is 0 Å². The number of nitrogen functional groups attached to an aromatic ring is 1. The Hall–Kier alpha value is -2.76. The molecule has 2 aliphatic heterocycles. The second-order valence-electron chi connectivity index (χ2n) is 4.85. The predicted octanol–water partition coefficient (Wildman–Crippen LogP) is 1.39. The van der Waals surface area contributed by atoms with E-state index < -0.39 is 0 Å². The molecule has 6 heteroatoms. The SMILES string of the molecule is Cc1nc(N2C=CC=CC2)c(N2C=CC=CC2)c(N)[n+]1[O-]. The molecule has 1 aromatic heterocycles. The highest BCUT2D eigenvalue weighted by Crippen LogP contribution is 2.33. The average Bonchev–Trinajstić information content (AvgIpc) is 2.54. The Balaban J connectivity index is 2.13. The first kappa shape index (κ1) is 13.2. The Labute approximate surface area is 123 Å². The maximum absolute atomic E-state index is 12.1. The van der Waals surface area contributed by atoms with Gasteiger partial charge in [-0.2, -0.15) is 0 Å². The van der Waals surface area contributed by atoms with Crippen molar-refractivity contribution in [2.24, 2.45) is 0 Å². The molecule has 0 spiro atoms. The van der Waals surface area contributed by atoms with Gasteiger partial charge in [-0.1, -0.05) is 29.3 Å². The Kier molecular flexibility index (Phi) is 3.35. The summed E-state index contributed by atoms with van der Waals surface area (Å²) in [6, 6.07) is 0. The molecule has 0 bridgehead atoms. The highest BCUT2D eigenvalue weighted by Gasteiger charge is 2.26. The molecule has 21 heavy (non-hydrogen) atoms. The van der Waals surface area contributed by atoms with Gasteiger partial charge in [0.15, 0.2) is 5.69 Å². The van der Waals surface area contributed by atoms with E-state index in [1.54, 1.807) is 6.92 Å². The van der Waals surface area contributed by atoms with Crippen LogP contribution >= 0.6 is 0 Å². The highest BCUT2D eigenvalue weighted by molar-refractivity contribution is 5.78. The molecule has 3 heterocycles. The van der Waals surface area contributed by atoms with Crippen molar-refractivity contribution in [1.82, 2.24) is 4.98 Å². The fraction of sp³-hybridized carbons (Fsp3) is 0.200. The lowest BCUT2D eigenvalue weighted by Crippen LogP contribution is -2.39. The van der Waals surface area contributed by atoms with Crippen LogP contribution in [0.15, 0.2) is 48.9 Å². The molecule has 0 aromatic carbocycles. The molecule has 1 aromatic rings. The topological polar surface area (TPSA) is 72.3 Å². The number of rotatable bonds is 2. The third-order valence-electron chi connectivity index (χ3n) is 3.42. The van der Waals surface area contributed by atoms with Crippen molar-refractivity contribution in [3.8, 4) is 0 Å². The monoisotopic (exact) mass is 283 g/mol. The van der Waals surface area contributed by atoms with Gasteiger partial charge in [0.1, 0.15) is 0 Å². The van der Waals surface area contributed by atoms with E-state index in [1.807, 2.05) is 58.7 Å². The molecule has 0 radical (unpaired) electrons. The minimum absolute atomic E-state index is 0.167. The molecule has 2 N–H and O–H groups in total. The maximum atomic E-state index is 12.1. The molecule has 0 fully saturated rings.